The predicted molar refractivity (Wildman–Crippen MR) is 115 cm³/mol. The molecule has 5 N–H and O–H groups in total. The van der Waals surface area contributed by atoms with Crippen LogP contribution >= 0.6 is 0 Å². The van der Waals surface area contributed by atoms with E-state index in [1.54, 1.807) is 0 Å². The van der Waals surface area contributed by atoms with Crippen LogP contribution in [0.3, 0.4) is 0 Å². The lowest BCUT2D eigenvalue weighted by molar-refractivity contribution is -0.385. The summed E-state index contributed by atoms with van der Waals surface area (Å²) in [6, 6.07) is -1.32. The molecule has 0 heterocycles. The second kappa shape index (κ2) is 13.0. The molecule has 0 aromatic heterocycles. The number of aliphatic hydroxyl groups is 1. The Morgan fingerprint density at radius 3 is 2.45 bits per heavy atom. The molecule has 0 aliphatic rings. The van der Waals surface area contributed by atoms with Crippen molar-refractivity contribution in [1.82, 2.24) is 0 Å². The van der Waals surface area contributed by atoms with Crippen molar-refractivity contribution in [3.63, 3.8) is 0 Å². The summed E-state index contributed by atoms with van der Waals surface area (Å²) in [5.74, 6) is -3.64. The molecule has 0 aliphatic carbocycles. The number of benzene rings is 1. The second-order valence-electron chi connectivity index (χ2n) is 7.36. The quantitative estimate of drug-likeness (QED) is 0.183. The highest BCUT2D eigenvalue weighted by molar-refractivity contribution is 5.82. The molecule has 1 aromatic carbocycles. The molecular formula is C20H32F2N4O5. The molecule has 11 heteroatoms. The minimum Gasteiger partial charge on any atom is -0.480 e. The average molecular weight is 446 g/mol. The number of nitrogens with zero attached hydrogens (tertiary/aromatic N) is 2. The summed E-state index contributed by atoms with van der Waals surface area (Å²) >= 11 is 0. The maximum Gasteiger partial charge on any atom is 0.326 e. The van der Waals surface area contributed by atoms with Crippen molar-refractivity contribution in [2.45, 2.75) is 57.9 Å². The minimum atomic E-state index is -1.32. The summed E-state index contributed by atoms with van der Waals surface area (Å²) in [5.41, 5.74) is 3.15. The largest absolute Gasteiger partial charge is 0.480 e. The molecule has 0 fully saturated rings. The molecule has 0 spiro atoms. The number of hydrogen-bond acceptors (Lipinski definition) is 7. The summed E-state index contributed by atoms with van der Waals surface area (Å²) in [5, 5.41) is 32.9. The monoisotopic (exact) mass is 446 g/mol. The van der Waals surface area contributed by atoms with Gasteiger partial charge < -0.3 is 26.2 Å². The van der Waals surface area contributed by atoms with Crippen LogP contribution in [0.1, 0.15) is 51.0 Å². The fourth-order valence-corrected chi connectivity index (χ4v) is 3.35. The van der Waals surface area contributed by atoms with Gasteiger partial charge in [0.2, 0.25) is 0 Å². The van der Waals surface area contributed by atoms with Gasteiger partial charge in [0.15, 0.2) is 17.3 Å². The van der Waals surface area contributed by atoms with E-state index in [1.807, 2.05) is 6.92 Å². The van der Waals surface area contributed by atoms with Gasteiger partial charge in [0.1, 0.15) is 11.7 Å². The van der Waals surface area contributed by atoms with Crippen LogP contribution in [0.25, 0.3) is 0 Å². The van der Waals surface area contributed by atoms with E-state index >= 15 is 8.78 Å². The summed E-state index contributed by atoms with van der Waals surface area (Å²) in [6.45, 7) is 1.76. The van der Waals surface area contributed by atoms with Gasteiger partial charge in [-0.3, -0.25) is 10.1 Å². The number of rotatable bonds is 15. The highest BCUT2D eigenvalue weighted by Gasteiger charge is 2.34. The number of aliphatic hydroxyl groups excluding tert-OH is 1. The molecule has 0 amide bonds. The van der Waals surface area contributed by atoms with Crippen LogP contribution in [0.5, 0.6) is 0 Å². The fourth-order valence-electron chi connectivity index (χ4n) is 3.35. The number of halogens is 2. The second-order valence-corrected chi connectivity index (χ2v) is 7.36. The van der Waals surface area contributed by atoms with Crippen LogP contribution < -0.4 is 16.0 Å². The third-order valence-corrected chi connectivity index (χ3v) is 5.02. The van der Waals surface area contributed by atoms with Gasteiger partial charge in [-0.05, 0) is 38.6 Å². The Balaban J connectivity index is 3.63. The van der Waals surface area contributed by atoms with Crippen molar-refractivity contribution in [2.24, 2.45) is 5.73 Å². The van der Waals surface area contributed by atoms with E-state index in [4.69, 9.17) is 5.73 Å². The van der Waals surface area contributed by atoms with Crippen molar-refractivity contribution >= 4 is 23.0 Å². The van der Waals surface area contributed by atoms with Crippen LogP contribution in [0.15, 0.2) is 0 Å². The van der Waals surface area contributed by atoms with Crippen molar-refractivity contribution in [3.8, 4) is 0 Å². The van der Waals surface area contributed by atoms with E-state index in [9.17, 15) is 25.1 Å². The first-order valence-electron chi connectivity index (χ1n) is 10.4. The molecule has 176 valence electrons. The number of unbranched alkanes of at least 4 members (excludes halogenated alkanes) is 3. The van der Waals surface area contributed by atoms with E-state index in [0.717, 1.165) is 11.3 Å². The number of nitro groups is 1. The maximum absolute atomic E-state index is 15.4. The first kappa shape index (κ1) is 26.5. The Kier molecular flexibility index (Phi) is 11.1. The molecule has 0 saturated carbocycles. The molecular weight excluding hydrogens is 414 g/mol. The van der Waals surface area contributed by atoms with Gasteiger partial charge in [0, 0.05) is 13.6 Å². The van der Waals surface area contributed by atoms with Gasteiger partial charge in [-0.1, -0.05) is 19.8 Å². The SMILES string of the molecule is CCCCCc1c(F)c(N(C)CCO)c(F)c(N[C@@H](CCCCN)C(=O)O)c1[N+](=O)[O-]. The fraction of sp³-hybridized carbons (Fsp3) is 0.650. The molecule has 0 bridgehead atoms. The molecule has 31 heavy (non-hydrogen) atoms. The zero-order chi connectivity index (χ0) is 23.6. The third-order valence-electron chi connectivity index (χ3n) is 5.02. The van der Waals surface area contributed by atoms with E-state index < -0.39 is 52.2 Å². The van der Waals surface area contributed by atoms with Crippen molar-refractivity contribution in [1.29, 1.82) is 0 Å². The van der Waals surface area contributed by atoms with Crippen LogP contribution in [0.2, 0.25) is 0 Å². The molecule has 0 aliphatic heterocycles. The Hall–Kier alpha value is -2.53. The Bertz CT molecular complexity index is 764. The van der Waals surface area contributed by atoms with Gasteiger partial charge >= 0.3 is 11.7 Å². The number of anilines is 2. The number of nitrogens with one attached hydrogen (secondary N) is 1. The first-order valence-corrected chi connectivity index (χ1v) is 10.4. The Morgan fingerprint density at radius 2 is 1.94 bits per heavy atom. The highest BCUT2D eigenvalue weighted by Crippen LogP contribution is 2.41. The van der Waals surface area contributed by atoms with E-state index in [2.05, 4.69) is 5.32 Å². The van der Waals surface area contributed by atoms with Gasteiger partial charge in [-0.2, -0.15) is 0 Å². The Labute approximate surface area is 180 Å². The third kappa shape index (κ3) is 7.00. The normalized spacial score (nSPS) is 11.9. The average Bonchev–Trinajstić information content (AvgIpc) is 2.70. The zero-order valence-electron chi connectivity index (χ0n) is 18.0. The smallest absolute Gasteiger partial charge is 0.326 e. The molecule has 0 saturated heterocycles. The summed E-state index contributed by atoms with van der Waals surface area (Å²) < 4.78 is 30.6. The molecule has 1 atom stereocenters. The lowest BCUT2D eigenvalue weighted by atomic mass is 10.00. The minimum absolute atomic E-state index is 0.00414. The van der Waals surface area contributed by atoms with Gasteiger partial charge in [0.05, 0.1) is 17.1 Å². The summed E-state index contributed by atoms with van der Waals surface area (Å²) in [4.78, 5) is 23.7. The maximum atomic E-state index is 15.4. The van der Waals surface area contributed by atoms with E-state index in [0.29, 0.717) is 32.2 Å². The van der Waals surface area contributed by atoms with Crippen LogP contribution in [0, 0.1) is 21.7 Å². The number of carboxylic acids is 1. The van der Waals surface area contributed by atoms with Crippen molar-refractivity contribution < 1.29 is 28.7 Å². The van der Waals surface area contributed by atoms with E-state index in [-0.39, 0.29) is 24.9 Å². The molecule has 1 rings (SSSR count). The Morgan fingerprint density at radius 1 is 1.26 bits per heavy atom. The molecule has 9 nitrogen and oxygen atoms in total. The van der Waals surface area contributed by atoms with Gasteiger partial charge in [0.25, 0.3) is 0 Å². The number of aliphatic carboxylic acids is 1. The topological polar surface area (TPSA) is 142 Å². The predicted octanol–water partition coefficient (Wildman–Crippen LogP) is 3.03. The number of nitro benzene ring substituents is 1. The lowest BCUT2D eigenvalue weighted by Crippen LogP contribution is -2.31. The summed E-state index contributed by atoms with van der Waals surface area (Å²) in [6.07, 6.45) is 2.94. The molecule has 0 radical (unpaired) electrons. The first-order chi connectivity index (χ1) is 14.7. The van der Waals surface area contributed by atoms with Crippen LogP contribution in [-0.4, -0.2) is 53.9 Å². The number of likely N-dealkylation sites (N-methyl/N-ethyl adjacent to an activating group) is 1. The summed E-state index contributed by atoms with van der Waals surface area (Å²) in [7, 11) is 1.35. The zero-order valence-corrected chi connectivity index (χ0v) is 18.0. The number of carbonyl (C=O) groups is 1. The highest BCUT2D eigenvalue weighted by atomic mass is 19.1. The molecule has 0 unspecified atom stereocenters. The van der Waals surface area contributed by atoms with Crippen molar-refractivity contribution in [2.75, 3.05) is 37.0 Å². The number of hydrogen-bond donors (Lipinski definition) is 4. The standard InChI is InChI=1S/C20H32F2N4O5/c1-3-4-5-8-13-15(21)19(25(2)11-12-27)16(22)17(18(13)26(30)31)24-14(20(28)29)9-6-7-10-23/h14,24,27H,3-12,23H2,1-2H3,(H,28,29)/t14-/m0/s1. The lowest BCUT2D eigenvalue weighted by Gasteiger charge is -2.24. The van der Waals surface area contributed by atoms with Crippen LogP contribution in [-0.2, 0) is 11.2 Å². The van der Waals surface area contributed by atoms with Gasteiger partial charge in [-0.15, -0.1) is 0 Å². The van der Waals surface area contributed by atoms with Crippen LogP contribution in [0.4, 0.5) is 25.8 Å². The van der Waals surface area contributed by atoms with Gasteiger partial charge in [-0.25, -0.2) is 13.6 Å². The number of carboxylic acid groups (broad SMARTS) is 1. The van der Waals surface area contributed by atoms with Crippen molar-refractivity contribution in [3.05, 3.63) is 27.3 Å². The number of nitrogens with two attached hydrogens (primary N) is 1. The van der Waals surface area contributed by atoms with E-state index in [1.165, 1.54) is 7.05 Å². The molecule has 1 aromatic rings.